The summed E-state index contributed by atoms with van der Waals surface area (Å²) in [6.07, 6.45) is 3.30. The summed E-state index contributed by atoms with van der Waals surface area (Å²) in [5.74, 6) is -0.285. The fourth-order valence-electron chi connectivity index (χ4n) is 2.65. The number of piperazine rings is 1. The molecule has 0 N–H and O–H groups in total. The van der Waals surface area contributed by atoms with E-state index >= 15 is 0 Å². The lowest BCUT2D eigenvalue weighted by molar-refractivity contribution is 0.123. The van der Waals surface area contributed by atoms with Gasteiger partial charge in [0.1, 0.15) is 18.5 Å². The van der Waals surface area contributed by atoms with Crippen LogP contribution in [0.5, 0.6) is 0 Å². The van der Waals surface area contributed by atoms with Crippen LogP contribution in [0.1, 0.15) is 5.56 Å². The van der Waals surface area contributed by atoms with Gasteiger partial charge in [0.05, 0.1) is 6.54 Å². The Bertz CT molecular complexity index is 596. The highest BCUT2D eigenvalue weighted by atomic mass is 35.5. The predicted molar refractivity (Wildman–Crippen MR) is 83.1 cm³/mol. The lowest BCUT2D eigenvalue weighted by Gasteiger charge is -2.34. The molecule has 0 bridgehead atoms. The molecule has 7 heteroatoms. The fourth-order valence-corrected chi connectivity index (χ4v) is 2.88. The molecule has 1 saturated heterocycles. The molecule has 0 radical (unpaired) electrons. The van der Waals surface area contributed by atoms with E-state index in [9.17, 15) is 4.39 Å². The van der Waals surface area contributed by atoms with Crippen molar-refractivity contribution in [1.29, 1.82) is 0 Å². The smallest absolute Gasteiger partial charge is 0.137 e. The van der Waals surface area contributed by atoms with Crippen molar-refractivity contribution in [2.45, 2.75) is 13.1 Å². The van der Waals surface area contributed by atoms with Gasteiger partial charge in [0.15, 0.2) is 0 Å². The fraction of sp³-hybridized carbons (Fsp3) is 0.467. The molecule has 0 amide bonds. The molecule has 1 aromatic carbocycles. The topological polar surface area (TPSA) is 37.2 Å². The SMILES string of the molecule is Fc1ccc(CN2CCN(CCn3cncn3)CC2)c(Cl)c1. The molecule has 0 atom stereocenters. The van der Waals surface area contributed by atoms with Crippen molar-refractivity contribution in [3.63, 3.8) is 0 Å². The van der Waals surface area contributed by atoms with Gasteiger partial charge in [0.25, 0.3) is 0 Å². The zero-order chi connectivity index (χ0) is 15.4. The summed E-state index contributed by atoms with van der Waals surface area (Å²) in [7, 11) is 0. The Hall–Kier alpha value is -1.50. The summed E-state index contributed by atoms with van der Waals surface area (Å²) in [5, 5.41) is 4.62. The van der Waals surface area contributed by atoms with Gasteiger partial charge in [-0.3, -0.25) is 14.5 Å². The van der Waals surface area contributed by atoms with Gasteiger partial charge in [0.2, 0.25) is 0 Å². The quantitative estimate of drug-likeness (QED) is 0.842. The van der Waals surface area contributed by atoms with Gasteiger partial charge in [-0.2, -0.15) is 5.10 Å². The number of halogens is 2. The zero-order valence-electron chi connectivity index (χ0n) is 12.3. The largest absolute Gasteiger partial charge is 0.299 e. The molecule has 1 fully saturated rings. The van der Waals surface area contributed by atoms with Crippen LogP contribution in [0.4, 0.5) is 4.39 Å². The van der Waals surface area contributed by atoms with Gasteiger partial charge in [-0.15, -0.1) is 0 Å². The Morgan fingerprint density at radius 2 is 1.86 bits per heavy atom. The summed E-state index contributed by atoms with van der Waals surface area (Å²) in [6, 6.07) is 4.62. The minimum atomic E-state index is -0.285. The second-order valence-electron chi connectivity index (χ2n) is 5.51. The van der Waals surface area contributed by atoms with Crippen LogP contribution in [0, 0.1) is 5.82 Å². The van der Waals surface area contributed by atoms with E-state index in [4.69, 9.17) is 11.6 Å². The molecular formula is C15H19ClFN5. The number of aromatic nitrogens is 3. The van der Waals surface area contributed by atoms with Crippen molar-refractivity contribution in [1.82, 2.24) is 24.6 Å². The molecule has 22 heavy (non-hydrogen) atoms. The molecule has 1 aromatic heterocycles. The first-order valence-electron chi connectivity index (χ1n) is 7.42. The van der Waals surface area contributed by atoms with Gasteiger partial charge in [-0.05, 0) is 17.7 Å². The average Bonchev–Trinajstić information content (AvgIpc) is 3.03. The van der Waals surface area contributed by atoms with Crippen LogP contribution >= 0.6 is 11.6 Å². The molecule has 0 spiro atoms. The molecule has 5 nitrogen and oxygen atoms in total. The molecule has 3 rings (SSSR count). The first-order chi connectivity index (χ1) is 10.7. The van der Waals surface area contributed by atoms with Crippen LogP contribution in [-0.2, 0) is 13.1 Å². The van der Waals surface area contributed by atoms with E-state index in [1.165, 1.54) is 12.1 Å². The van der Waals surface area contributed by atoms with E-state index < -0.39 is 0 Å². The van der Waals surface area contributed by atoms with Crippen LogP contribution in [0.15, 0.2) is 30.9 Å². The van der Waals surface area contributed by atoms with Crippen LogP contribution in [0.25, 0.3) is 0 Å². The van der Waals surface area contributed by atoms with E-state index in [2.05, 4.69) is 19.9 Å². The highest BCUT2D eigenvalue weighted by molar-refractivity contribution is 6.31. The zero-order valence-corrected chi connectivity index (χ0v) is 13.1. The molecule has 0 unspecified atom stereocenters. The van der Waals surface area contributed by atoms with Crippen molar-refractivity contribution in [2.75, 3.05) is 32.7 Å². The van der Waals surface area contributed by atoms with E-state index in [0.717, 1.165) is 51.4 Å². The third-order valence-corrected chi connectivity index (χ3v) is 4.34. The number of rotatable bonds is 5. The van der Waals surface area contributed by atoms with Gasteiger partial charge >= 0.3 is 0 Å². The van der Waals surface area contributed by atoms with Crippen molar-refractivity contribution in [2.24, 2.45) is 0 Å². The first kappa shape index (κ1) is 15.4. The van der Waals surface area contributed by atoms with Crippen molar-refractivity contribution >= 4 is 11.6 Å². The molecule has 2 heterocycles. The minimum absolute atomic E-state index is 0.285. The van der Waals surface area contributed by atoms with Crippen molar-refractivity contribution in [3.05, 3.63) is 47.3 Å². The number of benzene rings is 1. The normalized spacial score (nSPS) is 17.0. The summed E-state index contributed by atoms with van der Waals surface area (Å²) in [6.45, 7) is 6.64. The Labute approximate surface area is 134 Å². The predicted octanol–water partition coefficient (Wildman–Crippen LogP) is 1.89. The lowest BCUT2D eigenvalue weighted by Crippen LogP contribution is -2.46. The molecule has 1 aliphatic heterocycles. The minimum Gasteiger partial charge on any atom is -0.299 e. The lowest BCUT2D eigenvalue weighted by atomic mass is 10.2. The van der Waals surface area contributed by atoms with Crippen molar-refractivity contribution in [3.8, 4) is 0 Å². The van der Waals surface area contributed by atoms with Crippen LogP contribution in [0.3, 0.4) is 0 Å². The summed E-state index contributed by atoms with van der Waals surface area (Å²) >= 11 is 6.09. The standard InChI is InChI=1S/C15H19ClFN5/c16-15-9-14(17)2-1-13(15)10-21-5-3-20(4-6-21)7-8-22-12-18-11-19-22/h1-2,9,11-12H,3-8,10H2. The van der Waals surface area contributed by atoms with E-state index in [1.807, 2.05) is 4.68 Å². The average molecular weight is 324 g/mol. The van der Waals surface area contributed by atoms with Crippen molar-refractivity contribution < 1.29 is 4.39 Å². The van der Waals surface area contributed by atoms with E-state index in [1.54, 1.807) is 18.7 Å². The molecule has 0 aliphatic carbocycles. The maximum atomic E-state index is 13.1. The maximum Gasteiger partial charge on any atom is 0.137 e. The Kier molecular flexibility index (Phi) is 5.02. The first-order valence-corrected chi connectivity index (χ1v) is 7.79. The molecule has 1 aliphatic rings. The number of hydrogen-bond donors (Lipinski definition) is 0. The molecule has 0 saturated carbocycles. The Morgan fingerprint density at radius 1 is 1.09 bits per heavy atom. The van der Waals surface area contributed by atoms with Gasteiger partial charge in [0, 0.05) is 44.3 Å². The number of nitrogens with zero attached hydrogens (tertiary/aromatic N) is 5. The third-order valence-electron chi connectivity index (χ3n) is 3.99. The highest BCUT2D eigenvalue weighted by Crippen LogP contribution is 2.19. The number of hydrogen-bond acceptors (Lipinski definition) is 4. The van der Waals surface area contributed by atoms with Crippen LogP contribution in [0.2, 0.25) is 5.02 Å². The monoisotopic (exact) mass is 323 g/mol. The second kappa shape index (κ2) is 7.17. The third kappa shape index (κ3) is 4.03. The summed E-state index contributed by atoms with van der Waals surface area (Å²) < 4.78 is 14.9. The maximum absolute atomic E-state index is 13.1. The van der Waals surface area contributed by atoms with Gasteiger partial charge in [-0.25, -0.2) is 9.37 Å². The van der Waals surface area contributed by atoms with E-state index in [-0.39, 0.29) is 5.82 Å². The molecular weight excluding hydrogens is 305 g/mol. The van der Waals surface area contributed by atoms with Gasteiger partial charge < -0.3 is 0 Å². The highest BCUT2D eigenvalue weighted by Gasteiger charge is 2.17. The Balaban J connectivity index is 1.45. The van der Waals surface area contributed by atoms with Crippen LogP contribution in [-0.4, -0.2) is 57.3 Å². The molecule has 2 aromatic rings. The van der Waals surface area contributed by atoms with Gasteiger partial charge in [-0.1, -0.05) is 17.7 Å². The van der Waals surface area contributed by atoms with Crippen LogP contribution < -0.4 is 0 Å². The van der Waals surface area contributed by atoms with E-state index in [0.29, 0.717) is 5.02 Å². The summed E-state index contributed by atoms with van der Waals surface area (Å²) in [5.41, 5.74) is 0.985. The Morgan fingerprint density at radius 3 is 2.55 bits per heavy atom. The summed E-state index contributed by atoms with van der Waals surface area (Å²) in [4.78, 5) is 8.72. The second-order valence-corrected chi connectivity index (χ2v) is 5.92. The molecule has 118 valence electrons.